The van der Waals surface area contributed by atoms with E-state index in [0.29, 0.717) is 36.7 Å². The normalized spacial score (nSPS) is 16.3. The lowest BCUT2D eigenvalue weighted by molar-refractivity contribution is -0.155. The highest BCUT2D eigenvalue weighted by molar-refractivity contribution is 5.90. The molecule has 2 aromatic carbocycles. The number of nitrogen functional groups attached to an aromatic ring is 1. The fourth-order valence-corrected chi connectivity index (χ4v) is 3.83. The summed E-state index contributed by atoms with van der Waals surface area (Å²) in [4.78, 5) is 37.5. The molecule has 1 fully saturated rings. The number of methoxy groups -OCH3 is 1. The van der Waals surface area contributed by atoms with Crippen LogP contribution in [0, 0.1) is 0 Å². The highest BCUT2D eigenvalue weighted by Gasteiger charge is 2.37. The molecule has 0 spiro atoms. The molecule has 0 radical (unpaired) electrons. The molecule has 10 nitrogen and oxygen atoms in total. The van der Waals surface area contributed by atoms with Crippen LogP contribution >= 0.6 is 0 Å². The molecule has 3 N–H and O–H groups in total. The van der Waals surface area contributed by atoms with Crippen LogP contribution in [-0.2, 0) is 20.9 Å². The number of aromatic nitrogens is 2. The maximum absolute atomic E-state index is 13.2. The lowest BCUT2D eigenvalue weighted by Gasteiger charge is -2.40. The van der Waals surface area contributed by atoms with Gasteiger partial charge in [-0.25, -0.2) is 9.97 Å². The van der Waals surface area contributed by atoms with Gasteiger partial charge in [-0.2, -0.15) is 0 Å². The summed E-state index contributed by atoms with van der Waals surface area (Å²) < 4.78 is 10.8. The molecule has 4 rings (SSSR count). The molecule has 172 valence electrons. The molecule has 0 aliphatic carbocycles. The molecule has 3 aromatic rings. The highest BCUT2D eigenvalue weighted by Crippen LogP contribution is 2.21. The summed E-state index contributed by atoms with van der Waals surface area (Å²) in [5.74, 6) is 0.469. The van der Waals surface area contributed by atoms with E-state index in [4.69, 9.17) is 15.2 Å². The zero-order chi connectivity index (χ0) is 23.4. The molecule has 1 saturated heterocycles. The first-order chi connectivity index (χ1) is 16.0. The average Bonchev–Trinajstić information content (AvgIpc) is 2.81. The number of rotatable bonds is 7. The number of carbonyl (C=O) groups excluding carboxylic acids is 2. The third-order valence-electron chi connectivity index (χ3n) is 5.53. The number of hydrogen-bond donors (Lipinski definition) is 2. The van der Waals surface area contributed by atoms with E-state index in [1.807, 2.05) is 18.2 Å². The van der Waals surface area contributed by atoms with E-state index in [1.165, 1.54) is 30.5 Å². The van der Waals surface area contributed by atoms with Crippen molar-refractivity contribution in [1.82, 2.24) is 19.8 Å². The Morgan fingerprint density at radius 3 is 2.73 bits per heavy atom. The van der Waals surface area contributed by atoms with Crippen molar-refractivity contribution in [1.29, 1.82) is 0 Å². The van der Waals surface area contributed by atoms with Crippen LogP contribution in [0.4, 0.5) is 5.82 Å². The van der Waals surface area contributed by atoms with E-state index >= 15 is 0 Å². The molecular formula is C23H25N5O5. The number of phenolic OH excluding ortho intramolecular Hbond substituents is 1. The summed E-state index contributed by atoms with van der Waals surface area (Å²) in [6, 6.07) is 11.0. The van der Waals surface area contributed by atoms with Gasteiger partial charge >= 0.3 is 0 Å². The second-order valence-corrected chi connectivity index (χ2v) is 7.71. The Hall–Kier alpha value is -3.92. The number of phenols is 1. The van der Waals surface area contributed by atoms with Crippen molar-refractivity contribution in [2.24, 2.45) is 0 Å². The largest absolute Gasteiger partial charge is 0.508 e. The second-order valence-electron chi connectivity index (χ2n) is 7.71. The first kappa shape index (κ1) is 22.3. The maximum Gasteiger partial charge on any atom is 0.261 e. The summed E-state index contributed by atoms with van der Waals surface area (Å²) in [6.45, 7) is 0.991. The van der Waals surface area contributed by atoms with Crippen molar-refractivity contribution >= 4 is 28.5 Å². The molecule has 1 aliphatic rings. The Kier molecular flexibility index (Phi) is 6.55. The number of aromatic hydroxyl groups is 1. The SMILES string of the molecule is COCC1C(=O)N(Cc2ccc3c(N)ncnc3c2)CCN1C(=O)COc1ccc(O)cc1. The third-order valence-corrected chi connectivity index (χ3v) is 5.53. The number of nitrogens with two attached hydrogens (primary N) is 1. The number of amides is 2. The lowest BCUT2D eigenvalue weighted by Crippen LogP contribution is -2.60. The van der Waals surface area contributed by atoms with Gasteiger partial charge in [-0.15, -0.1) is 0 Å². The number of fused-ring (bicyclic) bond motifs is 1. The quantitative estimate of drug-likeness (QED) is 0.548. The van der Waals surface area contributed by atoms with Gasteiger partial charge in [0, 0.05) is 32.1 Å². The van der Waals surface area contributed by atoms with Gasteiger partial charge in [0.05, 0.1) is 12.1 Å². The van der Waals surface area contributed by atoms with Crippen LogP contribution < -0.4 is 10.5 Å². The van der Waals surface area contributed by atoms with Crippen LogP contribution in [0.15, 0.2) is 48.8 Å². The van der Waals surface area contributed by atoms with Crippen LogP contribution in [0.2, 0.25) is 0 Å². The number of nitrogens with zero attached hydrogens (tertiary/aromatic N) is 4. The van der Waals surface area contributed by atoms with Gasteiger partial charge in [0.15, 0.2) is 6.61 Å². The molecule has 1 aliphatic heterocycles. The van der Waals surface area contributed by atoms with Crippen molar-refractivity contribution in [3.05, 3.63) is 54.4 Å². The molecule has 10 heteroatoms. The van der Waals surface area contributed by atoms with Crippen LogP contribution in [0.1, 0.15) is 5.56 Å². The third kappa shape index (κ3) is 4.96. The first-order valence-electron chi connectivity index (χ1n) is 10.4. The van der Waals surface area contributed by atoms with E-state index in [0.717, 1.165) is 10.9 Å². The number of anilines is 1. The number of piperazine rings is 1. The van der Waals surface area contributed by atoms with Crippen molar-refractivity contribution in [3.63, 3.8) is 0 Å². The zero-order valence-corrected chi connectivity index (χ0v) is 18.2. The molecule has 2 amide bonds. The van der Waals surface area contributed by atoms with Crippen molar-refractivity contribution in [3.8, 4) is 11.5 Å². The number of ether oxygens (including phenoxy) is 2. The Morgan fingerprint density at radius 2 is 1.97 bits per heavy atom. The summed E-state index contributed by atoms with van der Waals surface area (Å²) >= 11 is 0. The molecule has 0 bridgehead atoms. The van der Waals surface area contributed by atoms with Gasteiger partial charge in [0.2, 0.25) is 5.91 Å². The Labute approximate surface area is 190 Å². The summed E-state index contributed by atoms with van der Waals surface area (Å²) in [7, 11) is 1.50. The van der Waals surface area contributed by atoms with Crippen LogP contribution in [-0.4, -0.2) is 76.1 Å². The van der Waals surface area contributed by atoms with Gasteiger partial charge in [-0.05, 0) is 42.0 Å². The molecule has 33 heavy (non-hydrogen) atoms. The topological polar surface area (TPSA) is 131 Å². The van der Waals surface area contributed by atoms with Crippen molar-refractivity contribution < 1.29 is 24.2 Å². The van der Waals surface area contributed by atoms with Crippen LogP contribution in [0.5, 0.6) is 11.5 Å². The van der Waals surface area contributed by atoms with Crippen LogP contribution in [0.3, 0.4) is 0 Å². The minimum absolute atomic E-state index is 0.0851. The van der Waals surface area contributed by atoms with Gasteiger partial charge in [0.1, 0.15) is 29.7 Å². The number of benzene rings is 2. The van der Waals surface area contributed by atoms with E-state index in [1.54, 1.807) is 17.0 Å². The van der Waals surface area contributed by atoms with Crippen molar-refractivity contribution in [2.45, 2.75) is 12.6 Å². The minimum atomic E-state index is -0.738. The Bertz CT molecular complexity index is 1150. The van der Waals surface area contributed by atoms with E-state index < -0.39 is 6.04 Å². The fraction of sp³-hybridized carbons (Fsp3) is 0.304. The smallest absolute Gasteiger partial charge is 0.261 e. The van der Waals surface area contributed by atoms with Crippen molar-refractivity contribution in [2.75, 3.05) is 39.1 Å². The number of hydrogen-bond acceptors (Lipinski definition) is 8. The summed E-state index contributed by atoms with van der Waals surface area (Å²) in [5.41, 5.74) is 7.50. The molecular weight excluding hydrogens is 426 g/mol. The van der Waals surface area contributed by atoms with E-state index in [9.17, 15) is 14.7 Å². The Morgan fingerprint density at radius 1 is 1.18 bits per heavy atom. The highest BCUT2D eigenvalue weighted by atomic mass is 16.5. The molecule has 0 saturated carbocycles. The Balaban J connectivity index is 1.43. The van der Waals surface area contributed by atoms with Gasteiger partial charge in [-0.3, -0.25) is 9.59 Å². The molecule has 1 unspecified atom stereocenters. The zero-order valence-electron chi connectivity index (χ0n) is 18.2. The van der Waals surface area contributed by atoms with Gasteiger partial charge < -0.3 is 30.1 Å². The first-order valence-corrected chi connectivity index (χ1v) is 10.4. The minimum Gasteiger partial charge on any atom is -0.508 e. The second kappa shape index (κ2) is 9.70. The fourth-order valence-electron chi connectivity index (χ4n) is 3.83. The molecule has 1 aromatic heterocycles. The molecule has 2 heterocycles. The maximum atomic E-state index is 13.2. The van der Waals surface area contributed by atoms with Gasteiger partial charge in [-0.1, -0.05) is 6.07 Å². The van der Waals surface area contributed by atoms with Gasteiger partial charge in [0.25, 0.3) is 5.91 Å². The molecule has 1 atom stereocenters. The number of carbonyl (C=O) groups is 2. The predicted molar refractivity (Wildman–Crippen MR) is 120 cm³/mol. The summed E-state index contributed by atoms with van der Waals surface area (Å²) in [6.07, 6.45) is 1.41. The van der Waals surface area contributed by atoms with E-state index in [-0.39, 0.29) is 30.8 Å². The lowest BCUT2D eigenvalue weighted by atomic mass is 10.1. The van der Waals surface area contributed by atoms with E-state index in [2.05, 4.69) is 9.97 Å². The van der Waals surface area contributed by atoms with Crippen LogP contribution in [0.25, 0.3) is 10.9 Å². The standard InChI is InChI=1S/C23H25N5O5/c1-32-12-20-23(31)27(11-15-2-7-18-19(10-15)25-14-26-22(18)24)8-9-28(20)21(30)13-33-17-5-3-16(29)4-6-17/h2-7,10,14,20,29H,8-9,11-13H2,1H3,(H2,24,25,26). The summed E-state index contributed by atoms with van der Waals surface area (Å²) in [5, 5.41) is 10.1. The average molecular weight is 451 g/mol. The predicted octanol–water partition coefficient (Wildman–Crippen LogP) is 1.18. The monoisotopic (exact) mass is 451 g/mol.